The highest BCUT2D eigenvalue weighted by atomic mass is 16.7. The summed E-state index contributed by atoms with van der Waals surface area (Å²) >= 11 is 0. The molecule has 7 nitrogen and oxygen atoms in total. The fourth-order valence-electron chi connectivity index (χ4n) is 5.62. The zero-order valence-electron chi connectivity index (χ0n) is 19.0. The lowest BCUT2D eigenvalue weighted by molar-refractivity contribution is -0.201. The Morgan fingerprint density at radius 1 is 1.16 bits per heavy atom. The van der Waals surface area contributed by atoms with E-state index in [0.717, 1.165) is 16.7 Å². The van der Waals surface area contributed by atoms with Gasteiger partial charge in [-0.2, -0.15) is 0 Å². The highest BCUT2D eigenvalue weighted by Gasteiger charge is 2.62. The first-order chi connectivity index (χ1) is 14.4. The van der Waals surface area contributed by atoms with Gasteiger partial charge in [0.2, 0.25) is 0 Å². The molecule has 2 N–H and O–H groups in total. The fourth-order valence-corrected chi connectivity index (χ4v) is 5.62. The van der Waals surface area contributed by atoms with Gasteiger partial charge in [-0.3, -0.25) is 4.79 Å². The second kappa shape index (κ2) is 7.29. The molecule has 0 saturated carbocycles. The molecule has 4 aliphatic rings. The third-order valence-electron chi connectivity index (χ3n) is 7.32. The van der Waals surface area contributed by atoms with Crippen molar-refractivity contribution >= 4 is 11.9 Å². The fraction of sp³-hybridized carbons (Fsp3) is 0.667. The van der Waals surface area contributed by atoms with E-state index in [0.29, 0.717) is 30.6 Å². The van der Waals surface area contributed by atoms with Gasteiger partial charge in [0.15, 0.2) is 11.9 Å². The van der Waals surface area contributed by atoms with Gasteiger partial charge in [-0.25, -0.2) is 4.79 Å². The lowest BCUT2D eigenvalue weighted by Crippen LogP contribution is -2.46. The van der Waals surface area contributed by atoms with Crippen LogP contribution in [0.2, 0.25) is 0 Å². The van der Waals surface area contributed by atoms with Crippen molar-refractivity contribution < 1.29 is 34.0 Å². The van der Waals surface area contributed by atoms with Crippen LogP contribution < -0.4 is 0 Å². The van der Waals surface area contributed by atoms with Crippen molar-refractivity contribution in [1.29, 1.82) is 0 Å². The maximum absolute atomic E-state index is 12.6. The van der Waals surface area contributed by atoms with Gasteiger partial charge in [0, 0.05) is 0 Å². The first-order valence-electron chi connectivity index (χ1n) is 11.0. The normalized spacial score (nSPS) is 44.9. The number of carbonyl (C=O) groups is 2. The molecule has 0 aromatic carbocycles. The summed E-state index contributed by atoms with van der Waals surface area (Å²) in [7, 11) is 0. The maximum Gasteiger partial charge on any atom is 0.340 e. The average molecular weight is 433 g/mol. The first kappa shape index (κ1) is 22.2. The molecule has 4 rings (SSSR count). The van der Waals surface area contributed by atoms with E-state index in [9.17, 15) is 19.8 Å². The molecule has 2 fully saturated rings. The minimum atomic E-state index is -1.61. The Hall–Kier alpha value is -1.96. The molecule has 2 saturated heterocycles. The van der Waals surface area contributed by atoms with E-state index in [-0.39, 0.29) is 5.92 Å². The predicted octanol–water partition coefficient (Wildman–Crippen LogP) is 2.92. The van der Waals surface area contributed by atoms with Crippen molar-refractivity contribution in [3.05, 3.63) is 34.1 Å². The number of esters is 2. The molecule has 0 bridgehead atoms. The van der Waals surface area contributed by atoms with Crippen molar-refractivity contribution in [2.24, 2.45) is 17.8 Å². The summed E-state index contributed by atoms with van der Waals surface area (Å²) in [5, 5.41) is 21.4. The highest BCUT2D eigenvalue weighted by molar-refractivity contribution is 5.81. The zero-order valence-corrected chi connectivity index (χ0v) is 19.0. The first-order valence-corrected chi connectivity index (χ1v) is 11.0. The Morgan fingerprint density at radius 3 is 2.48 bits per heavy atom. The van der Waals surface area contributed by atoms with Gasteiger partial charge < -0.3 is 24.4 Å². The summed E-state index contributed by atoms with van der Waals surface area (Å²) in [4.78, 5) is 25.1. The molecule has 3 aliphatic heterocycles. The number of fused-ring (bicyclic) bond motifs is 1. The van der Waals surface area contributed by atoms with Crippen LogP contribution in [0, 0.1) is 17.8 Å². The van der Waals surface area contributed by atoms with Crippen LogP contribution in [0.15, 0.2) is 34.1 Å². The quantitative estimate of drug-likeness (QED) is 0.485. The summed E-state index contributed by atoms with van der Waals surface area (Å²) in [6, 6.07) is 0. The summed E-state index contributed by atoms with van der Waals surface area (Å²) in [6.07, 6.45) is 1.73. The molecule has 0 aromatic rings. The second-order valence-corrected chi connectivity index (χ2v) is 9.96. The van der Waals surface area contributed by atoms with Crippen LogP contribution in [0.5, 0.6) is 0 Å². The van der Waals surface area contributed by atoms with Gasteiger partial charge in [0.1, 0.15) is 17.3 Å². The molecule has 0 amide bonds. The Labute approximate surface area is 182 Å². The van der Waals surface area contributed by atoms with Gasteiger partial charge in [-0.1, -0.05) is 19.9 Å². The molecule has 31 heavy (non-hydrogen) atoms. The molecule has 0 spiro atoms. The molecular weight excluding hydrogens is 400 g/mol. The molecule has 6 atom stereocenters. The van der Waals surface area contributed by atoms with E-state index < -0.39 is 47.4 Å². The molecule has 1 aliphatic carbocycles. The predicted molar refractivity (Wildman–Crippen MR) is 111 cm³/mol. The van der Waals surface area contributed by atoms with Crippen molar-refractivity contribution in [2.45, 2.75) is 84.4 Å². The van der Waals surface area contributed by atoms with Gasteiger partial charge in [-0.15, -0.1) is 0 Å². The third kappa shape index (κ3) is 3.38. The van der Waals surface area contributed by atoms with Gasteiger partial charge in [-0.05, 0) is 75.2 Å². The van der Waals surface area contributed by atoms with E-state index in [1.807, 2.05) is 40.7 Å². The van der Waals surface area contributed by atoms with Gasteiger partial charge >= 0.3 is 11.9 Å². The van der Waals surface area contributed by atoms with E-state index in [1.165, 1.54) is 6.92 Å². The van der Waals surface area contributed by atoms with Crippen molar-refractivity contribution in [1.82, 2.24) is 0 Å². The largest absolute Gasteiger partial charge is 0.453 e. The maximum atomic E-state index is 12.6. The lowest BCUT2D eigenvalue weighted by Gasteiger charge is -2.41. The molecule has 0 radical (unpaired) electrons. The lowest BCUT2D eigenvalue weighted by atomic mass is 9.77. The molecule has 3 heterocycles. The van der Waals surface area contributed by atoms with E-state index >= 15 is 0 Å². The van der Waals surface area contributed by atoms with Crippen molar-refractivity contribution in [3.63, 3.8) is 0 Å². The molecular formula is C24H32O7. The summed E-state index contributed by atoms with van der Waals surface area (Å²) in [5.74, 6) is -3.36. The topological polar surface area (TPSA) is 102 Å². The highest BCUT2D eigenvalue weighted by Crippen LogP contribution is 2.52. The minimum Gasteiger partial charge on any atom is -0.453 e. The van der Waals surface area contributed by atoms with Crippen molar-refractivity contribution in [3.8, 4) is 0 Å². The molecule has 7 heteroatoms. The number of hydrogen-bond donors (Lipinski definition) is 2. The molecule has 0 aromatic heterocycles. The number of carbonyl (C=O) groups excluding carboxylic acids is 2. The summed E-state index contributed by atoms with van der Waals surface area (Å²) in [5.41, 5.74) is 2.47. The monoisotopic (exact) mass is 432 g/mol. The Balaban J connectivity index is 1.87. The standard InChI is InChI=1S/C24H32O7/c1-11(2)15-14-8-7-12(3)20-16-17(24(6,28)30-20)21(26)29-19(16)13(4)9-10-23(14,5)31-22(27)18(15)25/h7,11,16-18,20,25,28H,8-10H2,1-6H3/b12-7-,19-13+/t16-,17+,18+,20-,23-,24+/m0/s1. The van der Waals surface area contributed by atoms with Crippen LogP contribution in [-0.4, -0.2) is 45.7 Å². The number of hydrogen-bond acceptors (Lipinski definition) is 7. The summed E-state index contributed by atoms with van der Waals surface area (Å²) < 4.78 is 17.4. The minimum absolute atomic E-state index is 0.0244. The zero-order chi connectivity index (χ0) is 22.9. The van der Waals surface area contributed by atoms with Crippen LogP contribution >= 0.6 is 0 Å². The Kier molecular flexibility index (Phi) is 5.23. The van der Waals surface area contributed by atoms with Crippen LogP contribution in [0.3, 0.4) is 0 Å². The summed E-state index contributed by atoms with van der Waals surface area (Å²) in [6.45, 7) is 11.1. The van der Waals surface area contributed by atoms with Crippen LogP contribution in [0.4, 0.5) is 0 Å². The van der Waals surface area contributed by atoms with Crippen LogP contribution in [0.25, 0.3) is 0 Å². The van der Waals surface area contributed by atoms with E-state index in [1.54, 1.807) is 0 Å². The second-order valence-electron chi connectivity index (χ2n) is 9.96. The van der Waals surface area contributed by atoms with Gasteiger partial charge in [0.25, 0.3) is 0 Å². The number of ether oxygens (including phenoxy) is 3. The van der Waals surface area contributed by atoms with Crippen molar-refractivity contribution in [2.75, 3.05) is 0 Å². The van der Waals surface area contributed by atoms with Gasteiger partial charge in [0.05, 0.1) is 12.0 Å². The number of aliphatic hydroxyl groups is 2. The van der Waals surface area contributed by atoms with E-state index in [4.69, 9.17) is 14.2 Å². The average Bonchev–Trinajstić information content (AvgIpc) is 3.16. The number of rotatable bonds is 1. The third-order valence-corrected chi connectivity index (χ3v) is 7.32. The Bertz CT molecular complexity index is 922. The van der Waals surface area contributed by atoms with Crippen LogP contribution in [0.1, 0.15) is 60.8 Å². The van der Waals surface area contributed by atoms with E-state index in [2.05, 4.69) is 0 Å². The molecule has 170 valence electrons. The Morgan fingerprint density at radius 2 is 1.84 bits per heavy atom. The smallest absolute Gasteiger partial charge is 0.340 e. The molecule has 0 unspecified atom stereocenters. The number of aliphatic hydroxyl groups excluding tert-OH is 1. The number of allylic oxidation sites excluding steroid dienone is 2. The SMILES string of the molecule is C/C1=C/CC2=C(C(C)C)[C@@H](O)C(=O)O[C@@]2(C)CC/C(C)=C2/OC(=O)[C@H]3[C@@H]2[C@H]1O[C@@]3(C)O. The van der Waals surface area contributed by atoms with Crippen LogP contribution in [-0.2, 0) is 23.8 Å².